The average molecular weight is 389 g/mol. The van der Waals surface area contributed by atoms with E-state index in [-0.39, 0.29) is 21.3 Å². The molecule has 0 saturated carbocycles. The van der Waals surface area contributed by atoms with Gasteiger partial charge < -0.3 is 0 Å². The van der Waals surface area contributed by atoms with Crippen LogP contribution < -0.4 is 5.84 Å². The Balaban J connectivity index is 2.29. The van der Waals surface area contributed by atoms with Gasteiger partial charge in [-0.2, -0.15) is 12.8 Å². The molecule has 0 bridgehead atoms. The number of hydrazine groups is 1. The molecule has 0 aliphatic rings. The molecular weight excluding hydrogens is 360 g/mol. The second-order valence-corrected chi connectivity index (χ2v) is 10.5. The van der Waals surface area contributed by atoms with Gasteiger partial charge in [-0.15, -0.1) is 0 Å². The fraction of sp³-hybridized carbons (Fsp3) is 0.381. The molecule has 146 valence electrons. The molecule has 2 rings (SSSR count). The van der Waals surface area contributed by atoms with Crippen LogP contribution in [0.15, 0.2) is 53.4 Å². The van der Waals surface area contributed by atoms with Gasteiger partial charge in [-0.1, -0.05) is 65.8 Å². The molecule has 0 unspecified atom stereocenters. The number of nitrogens with zero attached hydrogens (tertiary/aromatic N) is 1. The Hall–Kier alpha value is -2.18. The summed E-state index contributed by atoms with van der Waals surface area (Å²) in [6.07, 6.45) is 0. The van der Waals surface area contributed by atoms with Crippen LogP contribution in [0.5, 0.6) is 0 Å². The molecule has 0 aliphatic heterocycles. The van der Waals surface area contributed by atoms with E-state index < -0.39 is 15.9 Å². The second-order valence-electron chi connectivity index (χ2n) is 8.71. The second kappa shape index (κ2) is 7.09. The van der Waals surface area contributed by atoms with Gasteiger partial charge in [-0.05, 0) is 46.2 Å². The fourth-order valence-corrected chi connectivity index (χ4v) is 3.62. The van der Waals surface area contributed by atoms with Crippen molar-refractivity contribution in [2.24, 2.45) is 5.84 Å². The van der Waals surface area contributed by atoms with Crippen molar-refractivity contribution in [2.45, 2.75) is 57.3 Å². The summed E-state index contributed by atoms with van der Waals surface area (Å²) in [5.74, 6) is 4.93. The molecule has 5 nitrogen and oxygen atoms in total. The van der Waals surface area contributed by atoms with E-state index in [1.165, 1.54) is 12.1 Å². The number of sulfonamides is 1. The predicted molar refractivity (Wildman–Crippen MR) is 108 cm³/mol. The average Bonchev–Trinajstić information content (AvgIpc) is 2.59. The van der Waals surface area contributed by atoms with Crippen LogP contribution in [0, 0.1) is 0 Å². The normalized spacial score (nSPS) is 12.7. The van der Waals surface area contributed by atoms with Gasteiger partial charge in [0.25, 0.3) is 15.9 Å². The van der Waals surface area contributed by atoms with Crippen LogP contribution in [0.3, 0.4) is 0 Å². The summed E-state index contributed by atoms with van der Waals surface area (Å²) in [4.78, 5) is 12.6. The van der Waals surface area contributed by atoms with Crippen LogP contribution >= 0.6 is 0 Å². The highest BCUT2D eigenvalue weighted by Gasteiger charge is 2.28. The molecule has 0 saturated heterocycles. The highest BCUT2D eigenvalue weighted by molar-refractivity contribution is 7.89. The van der Waals surface area contributed by atoms with Crippen molar-refractivity contribution in [1.82, 2.24) is 4.41 Å². The Bertz CT molecular complexity index is 917. The van der Waals surface area contributed by atoms with Crippen LogP contribution in [0.25, 0.3) is 0 Å². The molecule has 6 heteroatoms. The third-order valence-electron chi connectivity index (χ3n) is 4.48. The van der Waals surface area contributed by atoms with Gasteiger partial charge >= 0.3 is 0 Å². The van der Waals surface area contributed by atoms with Gasteiger partial charge in [0.05, 0.1) is 4.90 Å². The van der Waals surface area contributed by atoms with Crippen LogP contribution in [0.1, 0.15) is 63.0 Å². The first kappa shape index (κ1) is 21.1. The summed E-state index contributed by atoms with van der Waals surface area (Å²) < 4.78 is 25.7. The third kappa shape index (κ3) is 4.57. The van der Waals surface area contributed by atoms with Gasteiger partial charge in [0.2, 0.25) is 0 Å². The molecule has 0 fully saturated rings. The number of rotatable bonds is 3. The van der Waals surface area contributed by atoms with Gasteiger partial charge in [0, 0.05) is 5.56 Å². The van der Waals surface area contributed by atoms with Gasteiger partial charge in [0.15, 0.2) is 0 Å². The molecule has 0 heterocycles. The lowest BCUT2D eigenvalue weighted by molar-refractivity contribution is 0.0861. The van der Waals surface area contributed by atoms with Crippen LogP contribution in [-0.4, -0.2) is 18.7 Å². The van der Waals surface area contributed by atoms with Crippen molar-refractivity contribution in [3.8, 4) is 0 Å². The van der Waals surface area contributed by atoms with Gasteiger partial charge in [-0.3, -0.25) is 4.79 Å². The number of nitrogens with two attached hydrogens (primary N) is 1. The number of hydrogen-bond donors (Lipinski definition) is 1. The lowest BCUT2D eigenvalue weighted by atomic mass is 9.87. The van der Waals surface area contributed by atoms with E-state index in [1.54, 1.807) is 24.3 Å². The predicted octanol–water partition coefficient (Wildman–Crippen LogP) is 3.99. The Morgan fingerprint density at radius 2 is 1.15 bits per heavy atom. The largest absolute Gasteiger partial charge is 0.282 e. The minimum absolute atomic E-state index is 0.0161. The van der Waals surface area contributed by atoms with E-state index in [0.29, 0.717) is 4.41 Å². The lowest BCUT2D eigenvalue weighted by Gasteiger charge is -2.21. The van der Waals surface area contributed by atoms with Gasteiger partial charge in [-0.25, -0.2) is 5.84 Å². The Morgan fingerprint density at radius 3 is 1.52 bits per heavy atom. The van der Waals surface area contributed by atoms with E-state index in [4.69, 9.17) is 5.84 Å². The maximum absolute atomic E-state index is 12.7. The zero-order valence-electron chi connectivity index (χ0n) is 16.8. The number of carbonyl (C=O) groups is 1. The maximum atomic E-state index is 12.7. The van der Waals surface area contributed by atoms with Crippen molar-refractivity contribution in [3.63, 3.8) is 0 Å². The van der Waals surface area contributed by atoms with Crippen LogP contribution in [0.2, 0.25) is 0 Å². The smallest absolute Gasteiger partial charge is 0.266 e. The minimum Gasteiger partial charge on any atom is -0.266 e. The molecule has 2 N–H and O–H groups in total. The molecule has 2 aromatic rings. The van der Waals surface area contributed by atoms with Crippen LogP contribution in [-0.2, 0) is 20.9 Å². The molecule has 0 radical (unpaired) electrons. The molecule has 27 heavy (non-hydrogen) atoms. The van der Waals surface area contributed by atoms with E-state index in [1.807, 2.05) is 32.9 Å². The first-order valence-electron chi connectivity index (χ1n) is 8.80. The van der Waals surface area contributed by atoms with Crippen molar-refractivity contribution in [2.75, 3.05) is 0 Å². The quantitative estimate of drug-likeness (QED) is 0.490. The van der Waals surface area contributed by atoms with Crippen molar-refractivity contribution >= 4 is 15.9 Å². The molecule has 0 aliphatic carbocycles. The topological polar surface area (TPSA) is 80.5 Å². The minimum atomic E-state index is -4.13. The molecular formula is C21H28N2O3S. The van der Waals surface area contributed by atoms with Crippen molar-refractivity contribution in [1.29, 1.82) is 0 Å². The molecule has 0 aromatic heterocycles. The summed E-state index contributed by atoms with van der Waals surface area (Å²) in [5, 5.41) is 0. The first-order chi connectivity index (χ1) is 12.2. The molecule has 0 spiro atoms. The van der Waals surface area contributed by atoms with Gasteiger partial charge in [0.1, 0.15) is 0 Å². The summed E-state index contributed by atoms with van der Waals surface area (Å²) in [7, 11) is -4.13. The van der Waals surface area contributed by atoms with E-state index in [2.05, 4.69) is 20.8 Å². The molecule has 0 atom stereocenters. The highest BCUT2D eigenvalue weighted by atomic mass is 32.2. The zero-order chi connectivity index (χ0) is 20.6. The summed E-state index contributed by atoms with van der Waals surface area (Å²) in [5.41, 5.74) is 2.10. The fourth-order valence-electron chi connectivity index (χ4n) is 2.59. The summed E-state index contributed by atoms with van der Waals surface area (Å²) in [6, 6.07) is 13.3. The SMILES string of the molecule is CC(C)(C)c1ccc(C(=O)N(N)S(=O)(=O)c2ccc(C(C)(C)C)cc2)cc1. The monoisotopic (exact) mass is 388 g/mol. The Kier molecular flexibility index (Phi) is 5.55. The lowest BCUT2D eigenvalue weighted by Crippen LogP contribution is -2.42. The Morgan fingerprint density at radius 1 is 0.778 bits per heavy atom. The summed E-state index contributed by atoms with van der Waals surface area (Å²) >= 11 is 0. The van der Waals surface area contributed by atoms with E-state index in [9.17, 15) is 13.2 Å². The van der Waals surface area contributed by atoms with E-state index in [0.717, 1.165) is 11.1 Å². The third-order valence-corrected chi connectivity index (χ3v) is 6.03. The highest BCUT2D eigenvalue weighted by Crippen LogP contribution is 2.25. The van der Waals surface area contributed by atoms with Crippen molar-refractivity contribution < 1.29 is 13.2 Å². The number of benzene rings is 2. The standard InChI is InChI=1S/C21H28N2O3S/c1-20(2,3)16-9-7-15(8-10-16)19(24)23(22)27(25,26)18-13-11-17(12-14-18)21(4,5)6/h7-14H,22H2,1-6H3. The summed E-state index contributed by atoms with van der Waals surface area (Å²) in [6.45, 7) is 12.3. The maximum Gasteiger partial charge on any atom is 0.282 e. The molecule has 2 aromatic carbocycles. The Labute approximate surface area is 162 Å². The molecule has 1 amide bonds. The van der Waals surface area contributed by atoms with E-state index >= 15 is 0 Å². The number of hydrogen-bond acceptors (Lipinski definition) is 4. The van der Waals surface area contributed by atoms with Crippen molar-refractivity contribution in [3.05, 3.63) is 65.2 Å². The zero-order valence-corrected chi connectivity index (χ0v) is 17.6. The number of amides is 1. The first-order valence-corrected chi connectivity index (χ1v) is 10.2. The number of carbonyl (C=O) groups excluding carboxylic acids is 1. The van der Waals surface area contributed by atoms with Crippen LogP contribution in [0.4, 0.5) is 0 Å².